The van der Waals surface area contributed by atoms with Gasteiger partial charge in [0.15, 0.2) is 0 Å². The molecule has 0 atom stereocenters. The lowest BCUT2D eigenvalue weighted by Crippen LogP contribution is -2.27. The molecule has 0 spiro atoms. The third kappa shape index (κ3) is 7.02. The minimum Gasteiger partial charge on any atom is -0.367 e. The molecule has 0 bridgehead atoms. The molecule has 0 fully saturated rings. The minimum absolute atomic E-state index is 0.109. The highest BCUT2D eigenvalue weighted by molar-refractivity contribution is 5.87. The van der Waals surface area contributed by atoms with Crippen molar-refractivity contribution in [2.45, 2.75) is 13.1 Å². The first-order chi connectivity index (χ1) is 8.87. The third-order valence-corrected chi connectivity index (χ3v) is 1.91. The van der Waals surface area contributed by atoms with Crippen LogP contribution < -0.4 is 10.6 Å². The number of aromatic nitrogens is 2. The van der Waals surface area contributed by atoms with Crippen LogP contribution in [0.4, 0.5) is 19.0 Å². The van der Waals surface area contributed by atoms with Gasteiger partial charge in [-0.3, -0.25) is 9.78 Å². The van der Waals surface area contributed by atoms with E-state index in [1.54, 1.807) is 13.1 Å². The van der Waals surface area contributed by atoms with Crippen molar-refractivity contribution >= 4 is 11.7 Å². The lowest BCUT2D eigenvalue weighted by Gasteiger charge is -2.06. The summed E-state index contributed by atoms with van der Waals surface area (Å²) in [6.07, 6.45) is -1.03. The van der Waals surface area contributed by atoms with Crippen molar-refractivity contribution in [1.29, 1.82) is 0 Å². The average molecular weight is 274 g/mol. The first-order valence-electron chi connectivity index (χ1n) is 5.43. The number of rotatable bonds is 5. The zero-order chi connectivity index (χ0) is 14.3. The summed E-state index contributed by atoms with van der Waals surface area (Å²) in [5.74, 6) is -0.255. The van der Waals surface area contributed by atoms with Crippen LogP contribution in [0.15, 0.2) is 24.5 Å². The Hall–Kier alpha value is -2.12. The molecule has 1 rings (SSSR count). The molecule has 1 amide bonds. The highest BCUT2D eigenvalue weighted by Crippen LogP contribution is 2.15. The monoisotopic (exact) mass is 274 g/mol. The van der Waals surface area contributed by atoms with Crippen LogP contribution in [0.1, 0.15) is 5.69 Å². The summed E-state index contributed by atoms with van der Waals surface area (Å²) in [4.78, 5) is 19.0. The Morgan fingerprint density at radius 2 is 2.11 bits per heavy atom. The van der Waals surface area contributed by atoms with Crippen LogP contribution in [-0.2, 0) is 4.79 Å². The van der Waals surface area contributed by atoms with Crippen LogP contribution in [0.3, 0.4) is 0 Å². The standard InChI is InChI=1S/C11H13F3N4O/c1-8-6-15-7-9(18-8)16-4-5-17-10(19)2-3-11(12,13)14/h2-3,6-7H,4-5H2,1H3,(H,16,18)(H,17,19)/b3-2+. The Bertz CT molecular complexity index is 459. The lowest BCUT2D eigenvalue weighted by atomic mass is 10.4. The van der Waals surface area contributed by atoms with Crippen LogP contribution in [-0.4, -0.2) is 35.1 Å². The average Bonchev–Trinajstić information content (AvgIpc) is 2.31. The fourth-order valence-electron chi connectivity index (χ4n) is 1.15. The van der Waals surface area contributed by atoms with Gasteiger partial charge in [0.25, 0.3) is 0 Å². The van der Waals surface area contributed by atoms with Crippen molar-refractivity contribution in [1.82, 2.24) is 15.3 Å². The highest BCUT2D eigenvalue weighted by atomic mass is 19.4. The number of nitrogens with zero attached hydrogens (tertiary/aromatic N) is 2. The number of allylic oxidation sites excluding steroid dienone is 1. The van der Waals surface area contributed by atoms with Crippen LogP contribution in [0, 0.1) is 6.92 Å². The predicted molar refractivity (Wildman–Crippen MR) is 63.5 cm³/mol. The number of halogens is 3. The van der Waals surface area contributed by atoms with E-state index in [0.29, 0.717) is 18.4 Å². The van der Waals surface area contributed by atoms with Crippen molar-refractivity contribution in [2.75, 3.05) is 18.4 Å². The summed E-state index contributed by atoms with van der Waals surface area (Å²) in [7, 11) is 0. The van der Waals surface area contributed by atoms with Gasteiger partial charge < -0.3 is 10.6 Å². The summed E-state index contributed by atoms with van der Waals surface area (Å²) >= 11 is 0. The third-order valence-electron chi connectivity index (χ3n) is 1.91. The lowest BCUT2D eigenvalue weighted by molar-refractivity contribution is -0.117. The number of hydrogen-bond acceptors (Lipinski definition) is 4. The van der Waals surface area contributed by atoms with Crippen LogP contribution >= 0.6 is 0 Å². The number of carbonyl (C=O) groups excluding carboxylic acids is 1. The smallest absolute Gasteiger partial charge is 0.367 e. The van der Waals surface area contributed by atoms with E-state index in [4.69, 9.17) is 0 Å². The fraction of sp³-hybridized carbons (Fsp3) is 0.364. The molecular formula is C11H13F3N4O. The summed E-state index contributed by atoms with van der Waals surface area (Å²) in [6, 6.07) is 0. The topological polar surface area (TPSA) is 66.9 Å². The maximum absolute atomic E-state index is 11.8. The van der Waals surface area contributed by atoms with E-state index in [-0.39, 0.29) is 12.6 Å². The molecule has 8 heteroatoms. The number of nitrogens with one attached hydrogen (secondary N) is 2. The van der Waals surface area contributed by atoms with E-state index in [0.717, 1.165) is 5.69 Å². The maximum atomic E-state index is 11.8. The van der Waals surface area contributed by atoms with E-state index >= 15 is 0 Å². The van der Waals surface area contributed by atoms with Gasteiger partial charge in [0.2, 0.25) is 5.91 Å². The van der Waals surface area contributed by atoms with Gasteiger partial charge in [-0.25, -0.2) is 4.98 Å². The van der Waals surface area contributed by atoms with Crippen LogP contribution in [0.25, 0.3) is 0 Å². The number of carbonyl (C=O) groups is 1. The van der Waals surface area contributed by atoms with Crippen LogP contribution in [0.2, 0.25) is 0 Å². The van der Waals surface area contributed by atoms with Crippen molar-refractivity contribution in [2.24, 2.45) is 0 Å². The number of amides is 1. The second-order valence-electron chi connectivity index (χ2n) is 3.64. The maximum Gasteiger partial charge on any atom is 0.409 e. The number of alkyl halides is 3. The molecule has 0 unspecified atom stereocenters. The van der Waals surface area contributed by atoms with Gasteiger partial charge in [0.05, 0.1) is 11.9 Å². The van der Waals surface area contributed by atoms with E-state index in [2.05, 4.69) is 20.6 Å². The SMILES string of the molecule is Cc1cncc(NCCNC(=O)/C=C/C(F)(F)F)n1. The quantitative estimate of drug-likeness (QED) is 0.629. The fourth-order valence-corrected chi connectivity index (χ4v) is 1.15. The number of hydrogen-bond donors (Lipinski definition) is 2. The molecule has 104 valence electrons. The van der Waals surface area contributed by atoms with Gasteiger partial charge in [0, 0.05) is 31.4 Å². The second kappa shape index (κ2) is 6.72. The molecule has 0 saturated carbocycles. The van der Waals surface area contributed by atoms with E-state index in [1.807, 2.05) is 0 Å². The molecule has 1 aromatic rings. The van der Waals surface area contributed by atoms with Crippen molar-refractivity contribution in [3.63, 3.8) is 0 Å². The zero-order valence-corrected chi connectivity index (χ0v) is 10.2. The Morgan fingerprint density at radius 3 is 2.74 bits per heavy atom. The molecule has 1 heterocycles. The molecule has 0 aliphatic rings. The van der Waals surface area contributed by atoms with Gasteiger partial charge in [0.1, 0.15) is 5.82 Å². The summed E-state index contributed by atoms with van der Waals surface area (Å²) < 4.78 is 35.3. The minimum atomic E-state index is -4.48. The van der Waals surface area contributed by atoms with E-state index in [1.165, 1.54) is 6.20 Å². The van der Waals surface area contributed by atoms with Gasteiger partial charge >= 0.3 is 6.18 Å². The molecule has 0 saturated heterocycles. The molecule has 0 aromatic carbocycles. The van der Waals surface area contributed by atoms with Gasteiger partial charge in [-0.2, -0.15) is 13.2 Å². The van der Waals surface area contributed by atoms with Crippen LogP contribution in [0.5, 0.6) is 0 Å². The summed E-state index contributed by atoms with van der Waals surface area (Å²) in [5.41, 5.74) is 0.738. The Balaban J connectivity index is 2.24. The first-order valence-corrected chi connectivity index (χ1v) is 5.43. The number of aryl methyl sites for hydroxylation is 1. The number of anilines is 1. The molecule has 1 aromatic heterocycles. The second-order valence-corrected chi connectivity index (χ2v) is 3.64. The van der Waals surface area contributed by atoms with Crippen molar-refractivity contribution in [3.05, 3.63) is 30.2 Å². The molecule has 2 N–H and O–H groups in total. The molecule has 0 aliphatic carbocycles. The largest absolute Gasteiger partial charge is 0.409 e. The van der Waals surface area contributed by atoms with Crippen molar-refractivity contribution < 1.29 is 18.0 Å². The molecular weight excluding hydrogens is 261 g/mol. The highest BCUT2D eigenvalue weighted by Gasteiger charge is 2.22. The normalized spacial score (nSPS) is 11.6. The van der Waals surface area contributed by atoms with Gasteiger partial charge in [-0.05, 0) is 6.92 Å². The van der Waals surface area contributed by atoms with E-state index in [9.17, 15) is 18.0 Å². The van der Waals surface area contributed by atoms with Gasteiger partial charge in [-0.1, -0.05) is 0 Å². The molecule has 0 radical (unpaired) electrons. The first kappa shape index (κ1) is 14.9. The molecule has 0 aliphatic heterocycles. The summed E-state index contributed by atoms with van der Waals surface area (Å²) in [6.45, 7) is 2.29. The van der Waals surface area contributed by atoms with Crippen molar-refractivity contribution in [3.8, 4) is 0 Å². The summed E-state index contributed by atoms with van der Waals surface area (Å²) in [5, 5.41) is 5.18. The Kier molecular flexibility index (Phi) is 5.28. The Labute approximate surface area is 107 Å². The van der Waals surface area contributed by atoms with E-state index < -0.39 is 12.1 Å². The zero-order valence-electron chi connectivity index (χ0n) is 10.2. The molecule has 19 heavy (non-hydrogen) atoms. The van der Waals surface area contributed by atoms with Gasteiger partial charge in [-0.15, -0.1) is 0 Å². The Morgan fingerprint density at radius 1 is 1.37 bits per heavy atom. The predicted octanol–water partition coefficient (Wildman–Crippen LogP) is 1.43. The molecule has 5 nitrogen and oxygen atoms in total.